The molecule has 2 aliphatic carbocycles. The SMILES string of the molecule is O=C(OC1C2CC3C1OS(=O)(=O)C3C2C(=O)OCC(F)C(F)(F)S(=O)(=O)O)c1ccccc1. The molecule has 10 nitrogen and oxygen atoms in total. The second-order valence-electron chi connectivity index (χ2n) is 7.98. The van der Waals surface area contributed by atoms with Gasteiger partial charge >= 0.3 is 27.3 Å². The van der Waals surface area contributed by atoms with E-state index in [1.165, 1.54) is 12.1 Å². The highest BCUT2D eigenvalue weighted by Gasteiger charge is 2.72. The van der Waals surface area contributed by atoms with E-state index in [4.69, 9.17) is 13.5 Å². The maximum Gasteiger partial charge on any atom is 0.403 e. The molecule has 1 N–H and O–H groups in total. The first-order chi connectivity index (χ1) is 15.3. The number of ether oxygens (including phenoxy) is 2. The zero-order valence-electron chi connectivity index (χ0n) is 16.4. The van der Waals surface area contributed by atoms with Crippen molar-refractivity contribution in [2.45, 2.75) is 35.3 Å². The molecule has 1 heterocycles. The molecule has 4 rings (SSSR count). The minimum atomic E-state index is -6.13. The molecule has 2 saturated carbocycles. The topological polar surface area (TPSA) is 150 Å². The van der Waals surface area contributed by atoms with Crippen LogP contribution in [-0.4, -0.2) is 68.8 Å². The second kappa shape index (κ2) is 7.92. The number of hydrogen-bond donors (Lipinski definition) is 1. The van der Waals surface area contributed by atoms with E-state index in [0.717, 1.165) is 0 Å². The van der Waals surface area contributed by atoms with Gasteiger partial charge in [-0.15, -0.1) is 0 Å². The minimum absolute atomic E-state index is 0.0846. The second-order valence-corrected chi connectivity index (χ2v) is 11.2. The Morgan fingerprint density at radius 3 is 2.45 bits per heavy atom. The molecule has 182 valence electrons. The highest BCUT2D eigenvalue weighted by molar-refractivity contribution is 7.87. The van der Waals surface area contributed by atoms with E-state index in [2.05, 4.69) is 4.74 Å². The van der Waals surface area contributed by atoms with Gasteiger partial charge in [-0.2, -0.15) is 25.6 Å². The maximum atomic E-state index is 13.7. The first kappa shape index (κ1) is 23.9. The fourth-order valence-corrected chi connectivity index (χ4v) is 7.18. The largest absolute Gasteiger partial charge is 0.462 e. The Kier molecular flexibility index (Phi) is 5.74. The molecule has 15 heteroatoms. The molecule has 1 aromatic rings. The zero-order chi connectivity index (χ0) is 24.3. The van der Waals surface area contributed by atoms with Gasteiger partial charge in [-0.1, -0.05) is 18.2 Å². The number of fused-ring (bicyclic) bond motifs is 1. The standard InChI is InChI=1S/C18H17F3O10S2/c19-11(18(20,21)33(26,27)28)7-29-17(23)12-9-6-10-14(31-32(24,25)15(10)12)13(9)30-16(22)8-4-2-1-3-5-8/h1-5,9-15H,6-7H2,(H,26,27,28). The van der Waals surface area contributed by atoms with E-state index >= 15 is 0 Å². The van der Waals surface area contributed by atoms with Gasteiger partial charge in [0, 0.05) is 11.8 Å². The van der Waals surface area contributed by atoms with Crippen molar-refractivity contribution in [3.63, 3.8) is 0 Å². The van der Waals surface area contributed by atoms with Crippen LogP contribution in [0.3, 0.4) is 0 Å². The van der Waals surface area contributed by atoms with Crippen molar-refractivity contribution >= 4 is 32.2 Å². The molecule has 3 aliphatic rings. The molecule has 1 aliphatic heterocycles. The highest BCUT2D eigenvalue weighted by Crippen LogP contribution is 2.58. The predicted octanol–water partition coefficient (Wildman–Crippen LogP) is 0.937. The van der Waals surface area contributed by atoms with Crippen LogP contribution < -0.4 is 0 Å². The fourth-order valence-electron chi connectivity index (χ4n) is 4.73. The lowest BCUT2D eigenvalue weighted by molar-refractivity contribution is -0.157. The minimum Gasteiger partial charge on any atom is -0.462 e. The van der Waals surface area contributed by atoms with Crippen molar-refractivity contribution in [1.29, 1.82) is 0 Å². The van der Waals surface area contributed by atoms with Gasteiger partial charge < -0.3 is 9.47 Å². The number of halogens is 3. The zero-order valence-corrected chi connectivity index (χ0v) is 18.0. The number of carbonyl (C=O) groups excluding carboxylic acids is 2. The van der Waals surface area contributed by atoms with Crippen molar-refractivity contribution in [2.24, 2.45) is 17.8 Å². The molecule has 3 fully saturated rings. The molecule has 33 heavy (non-hydrogen) atoms. The normalized spacial score (nSPS) is 33.0. The summed E-state index contributed by atoms with van der Waals surface area (Å²) in [5.41, 5.74) is 0.157. The van der Waals surface area contributed by atoms with Crippen LogP contribution in [0.5, 0.6) is 0 Å². The van der Waals surface area contributed by atoms with E-state index in [1.54, 1.807) is 18.2 Å². The van der Waals surface area contributed by atoms with E-state index < -0.39 is 85.4 Å². The summed E-state index contributed by atoms with van der Waals surface area (Å²) in [6, 6.07) is 7.70. The Labute approximate surface area is 185 Å². The maximum absolute atomic E-state index is 13.7. The van der Waals surface area contributed by atoms with Gasteiger partial charge in [0.1, 0.15) is 24.1 Å². The van der Waals surface area contributed by atoms with E-state index in [0.29, 0.717) is 0 Å². The summed E-state index contributed by atoms with van der Waals surface area (Å²) in [6.45, 7) is -1.76. The van der Waals surface area contributed by atoms with Crippen LogP contribution in [0.15, 0.2) is 30.3 Å². The number of rotatable bonds is 7. The number of hydrogen-bond acceptors (Lipinski definition) is 9. The Morgan fingerprint density at radius 1 is 1.21 bits per heavy atom. The molecule has 0 spiro atoms. The van der Waals surface area contributed by atoms with Gasteiger partial charge in [0.2, 0.25) is 6.17 Å². The van der Waals surface area contributed by atoms with Crippen LogP contribution in [0.25, 0.3) is 0 Å². The Morgan fingerprint density at radius 2 is 1.85 bits per heavy atom. The summed E-state index contributed by atoms with van der Waals surface area (Å²) < 4.78 is 110. The quantitative estimate of drug-likeness (QED) is 0.316. The van der Waals surface area contributed by atoms with Crippen LogP contribution in [-0.2, 0) is 38.7 Å². The lowest BCUT2D eigenvalue weighted by atomic mass is 9.84. The molecule has 7 unspecified atom stereocenters. The van der Waals surface area contributed by atoms with Crippen LogP contribution in [0.1, 0.15) is 16.8 Å². The highest BCUT2D eigenvalue weighted by atomic mass is 32.2. The number of alkyl halides is 3. The fraction of sp³-hybridized carbons (Fsp3) is 0.556. The molecule has 0 amide bonds. The lowest BCUT2D eigenvalue weighted by Crippen LogP contribution is -2.47. The lowest BCUT2D eigenvalue weighted by Gasteiger charge is -2.30. The van der Waals surface area contributed by atoms with E-state index in [-0.39, 0.29) is 12.0 Å². The average Bonchev–Trinajstić information content (AvgIpc) is 3.34. The molecular weight excluding hydrogens is 497 g/mol. The smallest absolute Gasteiger partial charge is 0.403 e. The Hall–Kier alpha value is -2.23. The van der Waals surface area contributed by atoms with Crippen LogP contribution >= 0.6 is 0 Å². The summed E-state index contributed by atoms with van der Waals surface area (Å²) in [5, 5.41) is -6.66. The van der Waals surface area contributed by atoms with E-state index in [1.807, 2.05) is 0 Å². The summed E-state index contributed by atoms with van der Waals surface area (Å²) in [5.74, 6) is -5.37. The van der Waals surface area contributed by atoms with Crippen LogP contribution in [0.4, 0.5) is 13.2 Å². The predicted molar refractivity (Wildman–Crippen MR) is 101 cm³/mol. The molecular formula is C18H17F3O10S2. The number of carbonyl (C=O) groups is 2. The van der Waals surface area contributed by atoms with Crippen molar-refractivity contribution in [3.05, 3.63) is 35.9 Å². The third-order valence-electron chi connectivity index (χ3n) is 6.13. The summed E-state index contributed by atoms with van der Waals surface area (Å²) >= 11 is 0. The molecule has 1 saturated heterocycles. The summed E-state index contributed by atoms with van der Waals surface area (Å²) in [6.07, 6.45) is -5.74. The van der Waals surface area contributed by atoms with Crippen molar-refractivity contribution in [1.82, 2.24) is 0 Å². The monoisotopic (exact) mass is 514 g/mol. The molecule has 0 aromatic heterocycles. The first-order valence-corrected chi connectivity index (χ1v) is 12.5. The van der Waals surface area contributed by atoms with Gasteiger partial charge in [-0.05, 0) is 18.6 Å². The third kappa shape index (κ3) is 3.90. The summed E-state index contributed by atoms with van der Waals surface area (Å²) in [4.78, 5) is 25.0. The molecule has 1 aromatic carbocycles. The van der Waals surface area contributed by atoms with Gasteiger partial charge in [-0.3, -0.25) is 13.5 Å². The van der Waals surface area contributed by atoms with Crippen LogP contribution in [0, 0.1) is 17.8 Å². The molecule has 7 atom stereocenters. The molecule has 0 radical (unpaired) electrons. The number of esters is 2. The van der Waals surface area contributed by atoms with Crippen molar-refractivity contribution in [2.75, 3.05) is 6.61 Å². The van der Waals surface area contributed by atoms with Gasteiger partial charge in [0.25, 0.3) is 10.1 Å². The Balaban J connectivity index is 1.52. The van der Waals surface area contributed by atoms with Gasteiger partial charge in [-0.25, -0.2) is 9.18 Å². The Bertz CT molecular complexity index is 1170. The van der Waals surface area contributed by atoms with Gasteiger partial charge in [0.15, 0.2) is 0 Å². The molecule has 2 bridgehead atoms. The van der Waals surface area contributed by atoms with E-state index in [9.17, 15) is 39.6 Å². The summed E-state index contributed by atoms with van der Waals surface area (Å²) in [7, 11) is -10.4. The number of benzene rings is 1. The average molecular weight is 514 g/mol. The van der Waals surface area contributed by atoms with Gasteiger partial charge in [0.05, 0.1) is 11.5 Å². The first-order valence-electron chi connectivity index (χ1n) is 9.59. The van der Waals surface area contributed by atoms with Crippen molar-refractivity contribution in [3.8, 4) is 0 Å². The third-order valence-corrected chi connectivity index (χ3v) is 8.88. The van der Waals surface area contributed by atoms with Crippen molar-refractivity contribution < 1.29 is 57.8 Å². The van der Waals surface area contributed by atoms with Crippen LogP contribution in [0.2, 0.25) is 0 Å².